The molecular formula is C39H45ClF2N4O8S. The smallest absolute Gasteiger partial charge is 0.414 e. The number of halogens is 3. The zero-order chi connectivity index (χ0) is 39.8. The lowest BCUT2D eigenvalue weighted by atomic mass is 9.93. The van der Waals surface area contributed by atoms with Crippen LogP contribution in [0.15, 0.2) is 53.4 Å². The highest BCUT2D eigenvalue weighted by Crippen LogP contribution is 2.47. The fourth-order valence-electron chi connectivity index (χ4n) is 7.26. The number of benzene rings is 3. The van der Waals surface area contributed by atoms with Crippen molar-refractivity contribution in [2.45, 2.75) is 101 Å². The number of carbonyl (C=O) groups is 3. The topological polar surface area (TPSA) is 135 Å². The molecule has 1 atom stereocenters. The van der Waals surface area contributed by atoms with Crippen LogP contribution in [0.1, 0.15) is 83.3 Å². The van der Waals surface area contributed by atoms with Crippen LogP contribution < -0.4 is 24.2 Å². The van der Waals surface area contributed by atoms with Crippen molar-refractivity contribution in [3.63, 3.8) is 0 Å². The molecule has 0 spiro atoms. The zero-order valence-corrected chi connectivity index (χ0v) is 32.9. The average Bonchev–Trinajstić information content (AvgIpc) is 3.69. The van der Waals surface area contributed by atoms with Crippen molar-refractivity contribution in [3.05, 3.63) is 76.3 Å². The summed E-state index contributed by atoms with van der Waals surface area (Å²) in [7, 11) is -3.28. The van der Waals surface area contributed by atoms with Gasteiger partial charge in [0.2, 0.25) is 5.91 Å². The third kappa shape index (κ3) is 8.77. The van der Waals surface area contributed by atoms with E-state index < -0.39 is 63.7 Å². The molecule has 0 radical (unpaired) electrons. The van der Waals surface area contributed by atoms with Crippen molar-refractivity contribution in [1.82, 2.24) is 5.32 Å². The van der Waals surface area contributed by atoms with Gasteiger partial charge in [0.05, 0.1) is 29.9 Å². The van der Waals surface area contributed by atoms with Crippen LogP contribution in [0.2, 0.25) is 5.02 Å². The number of hydrogen-bond donors (Lipinski definition) is 1. The number of nitrogens with one attached hydrogen (secondary N) is 1. The second kappa shape index (κ2) is 15.8. The van der Waals surface area contributed by atoms with Crippen LogP contribution in [0.5, 0.6) is 5.75 Å². The molecular weight excluding hydrogens is 758 g/mol. The van der Waals surface area contributed by atoms with E-state index in [1.165, 1.54) is 29.0 Å². The number of fused-ring (bicyclic) bond motifs is 1. The molecule has 3 amide bonds. The fourth-order valence-corrected chi connectivity index (χ4v) is 8.97. The second-order valence-corrected chi connectivity index (χ2v) is 17.4. The van der Waals surface area contributed by atoms with Gasteiger partial charge in [0.15, 0.2) is 11.6 Å². The first-order chi connectivity index (χ1) is 25.9. The highest BCUT2D eigenvalue weighted by atomic mass is 35.5. The Bertz CT molecular complexity index is 2050. The summed E-state index contributed by atoms with van der Waals surface area (Å²) in [5, 5.41) is 2.62. The minimum Gasteiger partial charge on any atom is -0.497 e. The van der Waals surface area contributed by atoms with Gasteiger partial charge in [-0.1, -0.05) is 30.7 Å². The number of methoxy groups -OCH3 is 1. The lowest BCUT2D eigenvalue weighted by Crippen LogP contribution is -2.43. The Morgan fingerprint density at radius 2 is 1.67 bits per heavy atom. The highest BCUT2D eigenvalue weighted by molar-refractivity contribution is 7.92. The minimum atomic E-state index is -4.76. The Morgan fingerprint density at radius 1 is 1.02 bits per heavy atom. The van der Waals surface area contributed by atoms with E-state index in [0.717, 1.165) is 12.1 Å². The molecule has 55 heavy (non-hydrogen) atoms. The second-order valence-electron chi connectivity index (χ2n) is 15.1. The van der Waals surface area contributed by atoms with E-state index in [9.17, 15) is 22.8 Å². The highest BCUT2D eigenvalue weighted by Gasteiger charge is 2.41. The first-order valence-corrected chi connectivity index (χ1v) is 20.0. The molecule has 1 saturated heterocycles. The standard InChI is InChI=1S/C39H45ClF2N4O8S/c1-23-21-45(38(49)53-28-14-10-26(11-15-28)43-37(48)54-39(2,3)4)35-30(23)19-29(20-33(35)44-16-6-7-34(44)47)55(50,51)46(22-24-8-12-27(52-5)13-9-24)36-31(41)17-25(40)18-32(36)42/h8-9,12-13,17-20,23,26,28H,6-7,10-11,14-16,21-22H2,1-5H3,(H,43,48). The van der Waals surface area contributed by atoms with E-state index in [1.807, 2.05) is 6.92 Å². The van der Waals surface area contributed by atoms with Crippen molar-refractivity contribution in [2.75, 3.05) is 34.3 Å². The van der Waals surface area contributed by atoms with Gasteiger partial charge in [-0.3, -0.25) is 14.0 Å². The van der Waals surface area contributed by atoms with Gasteiger partial charge in [0.1, 0.15) is 23.1 Å². The monoisotopic (exact) mass is 802 g/mol. The van der Waals surface area contributed by atoms with Gasteiger partial charge >= 0.3 is 12.2 Å². The number of sulfonamides is 1. The molecule has 1 aliphatic carbocycles. The normalized spacial score (nSPS) is 19.9. The van der Waals surface area contributed by atoms with Crippen LogP contribution >= 0.6 is 11.6 Å². The molecule has 0 aromatic heterocycles. The predicted molar refractivity (Wildman–Crippen MR) is 203 cm³/mol. The first kappa shape index (κ1) is 40.0. The Balaban J connectivity index is 1.33. The maximum atomic E-state index is 15.6. The lowest BCUT2D eigenvalue weighted by molar-refractivity contribution is -0.117. The van der Waals surface area contributed by atoms with Gasteiger partial charge in [-0.25, -0.2) is 26.8 Å². The van der Waals surface area contributed by atoms with Crippen molar-refractivity contribution in [2.24, 2.45) is 0 Å². The number of nitrogens with zero attached hydrogens (tertiary/aromatic N) is 3. The van der Waals surface area contributed by atoms with Gasteiger partial charge in [-0.05, 0) is 100 Å². The van der Waals surface area contributed by atoms with Gasteiger partial charge in [-0.2, -0.15) is 0 Å². The molecule has 296 valence electrons. The summed E-state index contributed by atoms with van der Waals surface area (Å²) < 4.78 is 77.8. The SMILES string of the molecule is COc1ccc(CN(c2c(F)cc(Cl)cc2F)S(=O)(=O)c2cc3c(c(N4CCCC4=O)c2)N(C(=O)OC2CCC(NC(=O)OC(C)(C)C)CC2)CC3C)cc1. The molecule has 16 heteroatoms. The van der Waals surface area contributed by atoms with Crippen LogP contribution in [0.3, 0.4) is 0 Å². The molecule has 2 aliphatic heterocycles. The van der Waals surface area contributed by atoms with Crippen LogP contribution in [-0.2, 0) is 30.8 Å². The summed E-state index contributed by atoms with van der Waals surface area (Å²) in [6.45, 7) is 7.13. The zero-order valence-electron chi connectivity index (χ0n) is 31.4. The molecule has 1 saturated carbocycles. The van der Waals surface area contributed by atoms with E-state index >= 15 is 8.78 Å². The first-order valence-electron chi connectivity index (χ1n) is 18.2. The van der Waals surface area contributed by atoms with E-state index in [1.54, 1.807) is 45.0 Å². The molecule has 1 unspecified atom stereocenters. The van der Waals surface area contributed by atoms with Crippen molar-refractivity contribution in [1.29, 1.82) is 0 Å². The lowest BCUT2D eigenvalue weighted by Gasteiger charge is -2.31. The Labute approximate surface area is 324 Å². The molecule has 3 aromatic rings. The molecule has 3 aliphatic rings. The molecule has 1 N–H and O–H groups in total. The molecule has 0 bridgehead atoms. The van der Waals surface area contributed by atoms with Gasteiger partial charge in [0.25, 0.3) is 10.0 Å². The molecule has 3 aromatic carbocycles. The number of amides is 3. The van der Waals surface area contributed by atoms with Crippen LogP contribution in [0, 0.1) is 11.6 Å². The van der Waals surface area contributed by atoms with Crippen LogP contribution in [0.25, 0.3) is 0 Å². The summed E-state index contributed by atoms with van der Waals surface area (Å²) in [5.41, 5.74) is -0.0596. The largest absolute Gasteiger partial charge is 0.497 e. The Morgan fingerprint density at radius 3 is 2.25 bits per heavy atom. The van der Waals surface area contributed by atoms with Gasteiger partial charge in [0, 0.05) is 36.5 Å². The fraction of sp³-hybridized carbons (Fsp3) is 0.462. The van der Waals surface area contributed by atoms with Crippen molar-refractivity contribution >= 4 is 56.8 Å². The number of carbonyl (C=O) groups excluding carboxylic acids is 3. The third-order valence-corrected chi connectivity index (χ3v) is 11.8. The third-order valence-electron chi connectivity index (χ3n) is 9.90. The summed E-state index contributed by atoms with van der Waals surface area (Å²) in [5.74, 6) is -2.53. The van der Waals surface area contributed by atoms with Crippen LogP contribution in [0.4, 0.5) is 35.4 Å². The van der Waals surface area contributed by atoms with E-state index in [2.05, 4.69) is 5.32 Å². The molecule has 2 heterocycles. The predicted octanol–water partition coefficient (Wildman–Crippen LogP) is 8.05. The summed E-state index contributed by atoms with van der Waals surface area (Å²) in [4.78, 5) is 42.0. The van der Waals surface area contributed by atoms with Crippen LogP contribution in [-0.4, -0.2) is 64.5 Å². The average molecular weight is 803 g/mol. The maximum absolute atomic E-state index is 15.6. The minimum absolute atomic E-state index is 0.135. The van der Waals surface area contributed by atoms with Gasteiger partial charge < -0.3 is 24.4 Å². The van der Waals surface area contributed by atoms with Crippen molar-refractivity contribution < 1.29 is 45.8 Å². The summed E-state index contributed by atoms with van der Waals surface area (Å²) >= 11 is 5.92. The molecule has 2 fully saturated rings. The van der Waals surface area contributed by atoms with E-state index in [0.29, 0.717) is 59.0 Å². The number of anilines is 3. The van der Waals surface area contributed by atoms with Gasteiger partial charge in [-0.15, -0.1) is 0 Å². The quantitative estimate of drug-likeness (QED) is 0.230. The number of ether oxygens (including phenoxy) is 3. The number of alkyl carbamates (subject to hydrolysis) is 1. The van der Waals surface area contributed by atoms with E-state index in [4.69, 9.17) is 25.8 Å². The molecule has 12 nitrogen and oxygen atoms in total. The van der Waals surface area contributed by atoms with E-state index in [-0.39, 0.29) is 47.1 Å². The maximum Gasteiger partial charge on any atom is 0.414 e. The summed E-state index contributed by atoms with van der Waals surface area (Å²) in [6.07, 6.45) is 1.28. The number of hydrogen-bond acceptors (Lipinski definition) is 8. The van der Waals surface area contributed by atoms with Crippen molar-refractivity contribution in [3.8, 4) is 5.75 Å². The molecule has 6 rings (SSSR count). The number of rotatable bonds is 9. The Hall–Kier alpha value is -4.63. The summed E-state index contributed by atoms with van der Waals surface area (Å²) in [6, 6.07) is 10.6. The Kier molecular flexibility index (Phi) is 11.5.